The molecule has 24 heavy (non-hydrogen) atoms. The Morgan fingerprint density at radius 1 is 1.17 bits per heavy atom. The summed E-state index contributed by atoms with van der Waals surface area (Å²) in [6.07, 6.45) is 10.1. The molecule has 1 N–H and O–H groups in total. The summed E-state index contributed by atoms with van der Waals surface area (Å²) >= 11 is 0. The Bertz CT molecular complexity index is 541. The fourth-order valence-corrected chi connectivity index (χ4v) is 4.26. The van der Waals surface area contributed by atoms with Crippen molar-refractivity contribution >= 4 is 6.03 Å². The topological polar surface area (TPSA) is 48.7 Å². The van der Waals surface area contributed by atoms with Gasteiger partial charge in [0.1, 0.15) is 5.76 Å². The molecule has 0 bridgehead atoms. The van der Waals surface area contributed by atoms with E-state index in [-0.39, 0.29) is 12.1 Å². The van der Waals surface area contributed by atoms with Gasteiger partial charge in [0.25, 0.3) is 0 Å². The number of nitrogens with one attached hydrogen (secondary N) is 1. The standard InChI is InChI=1S/C19H29N3O2/c23-19(20-13-15-9-11-21(14-15)16-7-8-16)22-10-3-1-2-5-17(22)18-6-4-12-24-18/h4,6,12,15-17H,1-3,5,7-11,13-14H2,(H,20,23)/t15-,17+/m1/s1. The lowest BCUT2D eigenvalue weighted by Gasteiger charge is -2.29. The molecule has 0 aromatic carbocycles. The van der Waals surface area contributed by atoms with E-state index in [0.29, 0.717) is 5.92 Å². The summed E-state index contributed by atoms with van der Waals surface area (Å²) in [4.78, 5) is 17.4. The van der Waals surface area contributed by atoms with Crippen LogP contribution in [0.3, 0.4) is 0 Å². The smallest absolute Gasteiger partial charge is 0.318 e. The van der Waals surface area contributed by atoms with Gasteiger partial charge in [0.15, 0.2) is 0 Å². The van der Waals surface area contributed by atoms with Gasteiger partial charge in [-0.25, -0.2) is 4.79 Å². The zero-order valence-electron chi connectivity index (χ0n) is 14.5. The van der Waals surface area contributed by atoms with Gasteiger partial charge in [-0.05, 0) is 56.7 Å². The average Bonchev–Trinajstić information content (AvgIpc) is 3.19. The molecule has 3 aliphatic rings. The number of carbonyl (C=O) groups excluding carboxylic acids is 1. The van der Waals surface area contributed by atoms with Crippen LogP contribution in [0.5, 0.6) is 0 Å². The SMILES string of the molecule is O=C(NC[C@H]1CCN(C2CC2)C1)N1CCCCC[C@H]1c1ccco1. The molecule has 2 amide bonds. The van der Waals surface area contributed by atoms with E-state index in [9.17, 15) is 4.79 Å². The van der Waals surface area contributed by atoms with Gasteiger partial charge in [0.2, 0.25) is 0 Å². The molecule has 3 heterocycles. The van der Waals surface area contributed by atoms with E-state index in [2.05, 4.69) is 10.2 Å². The van der Waals surface area contributed by atoms with E-state index >= 15 is 0 Å². The van der Waals surface area contributed by atoms with Crippen molar-refractivity contribution in [3.8, 4) is 0 Å². The minimum absolute atomic E-state index is 0.0863. The van der Waals surface area contributed by atoms with E-state index in [1.807, 2.05) is 17.0 Å². The number of furan rings is 1. The molecule has 2 atom stereocenters. The van der Waals surface area contributed by atoms with Crippen molar-refractivity contribution in [2.45, 2.75) is 57.0 Å². The van der Waals surface area contributed by atoms with Crippen LogP contribution in [-0.4, -0.2) is 48.1 Å². The number of carbonyl (C=O) groups is 1. The normalized spacial score (nSPS) is 28.8. The van der Waals surface area contributed by atoms with Crippen molar-refractivity contribution < 1.29 is 9.21 Å². The summed E-state index contributed by atoms with van der Waals surface area (Å²) in [6, 6.07) is 4.94. The first-order valence-electron chi connectivity index (χ1n) is 9.63. The van der Waals surface area contributed by atoms with Crippen LogP contribution in [0.15, 0.2) is 22.8 Å². The van der Waals surface area contributed by atoms with Crippen LogP contribution in [0, 0.1) is 5.92 Å². The summed E-state index contributed by atoms with van der Waals surface area (Å²) in [6.45, 7) is 4.01. The summed E-state index contributed by atoms with van der Waals surface area (Å²) in [5.74, 6) is 1.54. The van der Waals surface area contributed by atoms with Crippen LogP contribution in [0.2, 0.25) is 0 Å². The molecule has 4 rings (SSSR count). The van der Waals surface area contributed by atoms with Gasteiger partial charge >= 0.3 is 6.03 Å². The second kappa shape index (κ2) is 7.18. The quantitative estimate of drug-likeness (QED) is 0.920. The number of hydrogen-bond donors (Lipinski definition) is 1. The maximum atomic E-state index is 12.8. The van der Waals surface area contributed by atoms with Crippen molar-refractivity contribution in [2.24, 2.45) is 5.92 Å². The first kappa shape index (κ1) is 16.0. The molecule has 1 aromatic heterocycles. The lowest BCUT2D eigenvalue weighted by Crippen LogP contribution is -2.44. The molecule has 0 unspecified atom stereocenters. The molecule has 132 valence electrons. The average molecular weight is 331 g/mol. The fraction of sp³-hybridized carbons (Fsp3) is 0.737. The van der Waals surface area contributed by atoms with Gasteiger partial charge in [-0.1, -0.05) is 12.8 Å². The summed E-state index contributed by atoms with van der Waals surface area (Å²) in [7, 11) is 0. The predicted octanol–water partition coefficient (Wildman–Crippen LogP) is 3.39. The Labute approximate surface area is 144 Å². The highest BCUT2D eigenvalue weighted by Gasteiger charge is 2.35. The molecule has 2 aliphatic heterocycles. The van der Waals surface area contributed by atoms with E-state index in [1.165, 1.54) is 32.2 Å². The number of nitrogens with zero attached hydrogens (tertiary/aromatic N) is 2. The molecule has 0 spiro atoms. The monoisotopic (exact) mass is 331 g/mol. The van der Waals surface area contributed by atoms with Gasteiger partial charge < -0.3 is 19.5 Å². The lowest BCUT2D eigenvalue weighted by molar-refractivity contribution is 0.164. The highest BCUT2D eigenvalue weighted by molar-refractivity contribution is 5.74. The molecular weight excluding hydrogens is 302 g/mol. The third kappa shape index (κ3) is 3.61. The van der Waals surface area contributed by atoms with Crippen LogP contribution >= 0.6 is 0 Å². The Morgan fingerprint density at radius 2 is 2.08 bits per heavy atom. The zero-order valence-corrected chi connectivity index (χ0v) is 14.5. The predicted molar refractivity (Wildman–Crippen MR) is 92.7 cm³/mol. The molecule has 1 aliphatic carbocycles. The number of urea groups is 1. The highest BCUT2D eigenvalue weighted by atomic mass is 16.3. The van der Waals surface area contributed by atoms with Crippen molar-refractivity contribution in [3.05, 3.63) is 24.2 Å². The lowest BCUT2D eigenvalue weighted by atomic mass is 10.1. The molecule has 1 aromatic rings. The fourth-order valence-electron chi connectivity index (χ4n) is 4.26. The third-order valence-corrected chi connectivity index (χ3v) is 5.81. The number of likely N-dealkylation sites (tertiary alicyclic amines) is 2. The van der Waals surface area contributed by atoms with Gasteiger partial charge in [0, 0.05) is 25.7 Å². The van der Waals surface area contributed by atoms with Crippen molar-refractivity contribution in [1.82, 2.24) is 15.1 Å². The minimum Gasteiger partial charge on any atom is -0.467 e. The first-order valence-corrected chi connectivity index (χ1v) is 9.63. The van der Waals surface area contributed by atoms with Gasteiger partial charge in [-0.15, -0.1) is 0 Å². The van der Waals surface area contributed by atoms with Crippen LogP contribution in [0.25, 0.3) is 0 Å². The molecule has 3 fully saturated rings. The number of hydrogen-bond acceptors (Lipinski definition) is 3. The van der Waals surface area contributed by atoms with Crippen molar-refractivity contribution in [1.29, 1.82) is 0 Å². The molecule has 5 heteroatoms. The minimum atomic E-state index is 0.0863. The maximum Gasteiger partial charge on any atom is 0.318 e. The second-order valence-electron chi connectivity index (χ2n) is 7.64. The number of rotatable bonds is 4. The summed E-state index contributed by atoms with van der Waals surface area (Å²) in [5, 5.41) is 3.21. The Hall–Kier alpha value is -1.49. The zero-order chi connectivity index (χ0) is 16.4. The number of amides is 2. The summed E-state index contributed by atoms with van der Waals surface area (Å²) in [5.41, 5.74) is 0. The van der Waals surface area contributed by atoms with Crippen molar-refractivity contribution in [3.63, 3.8) is 0 Å². The highest BCUT2D eigenvalue weighted by Crippen LogP contribution is 2.32. The van der Waals surface area contributed by atoms with Gasteiger partial charge in [0.05, 0.1) is 12.3 Å². The van der Waals surface area contributed by atoms with Crippen LogP contribution in [-0.2, 0) is 0 Å². The maximum absolute atomic E-state index is 12.8. The molecule has 2 saturated heterocycles. The third-order valence-electron chi connectivity index (χ3n) is 5.81. The van der Waals surface area contributed by atoms with E-state index in [4.69, 9.17) is 4.42 Å². The van der Waals surface area contributed by atoms with E-state index < -0.39 is 0 Å². The molecular formula is C19H29N3O2. The Kier molecular flexibility index (Phi) is 4.79. The molecule has 5 nitrogen and oxygen atoms in total. The van der Waals surface area contributed by atoms with Crippen LogP contribution < -0.4 is 5.32 Å². The largest absolute Gasteiger partial charge is 0.467 e. The van der Waals surface area contributed by atoms with Crippen LogP contribution in [0.4, 0.5) is 4.79 Å². The summed E-state index contributed by atoms with van der Waals surface area (Å²) < 4.78 is 5.61. The van der Waals surface area contributed by atoms with Crippen molar-refractivity contribution in [2.75, 3.05) is 26.2 Å². The van der Waals surface area contributed by atoms with Crippen LogP contribution in [0.1, 0.15) is 56.7 Å². The second-order valence-corrected chi connectivity index (χ2v) is 7.64. The first-order chi connectivity index (χ1) is 11.8. The van der Waals surface area contributed by atoms with Gasteiger partial charge in [-0.3, -0.25) is 0 Å². The Morgan fingerprint density at radius 3 is 2.88 bits per heavy atom. The Balaban J connectivity index is 1.33. The molecule has 1 saturated carbocycles. The van der Waals surface area contributed by atoms with E-state index in [1.54, 1.807) is 6.26 Å². The molecule has 0 radical (unpaired) electrons. The van der Waals surface area contributed by atoms with Gasteiger partial charge in [-0.2, -0.15) is 0 Å². The van der Waals surface area contributed by atoms with E-state index in [0.717, 1.165) is 50.7 Å².